The van der Waals surface area contributed by atoms with Crippen LogP contribution in [0.15, 0.2) is 15.8 Å². The number of nitrogens with one attached hydrogen (secondary N) is 1. The Balaban J connectivity index is 1.88. The minimum Gasteiger partial charge on any atom is -0.477 e. The molecule has 1 aromatic rings. The van der Waals surface area contributed by atoms with Crippen LogP contribution in [0.3, 0.4) is 0 Å². The first kappa shape index (κ1) is 36.0. The molecule has 0 bridgehead atoms. The zero-order chi connectivity index (χ0) is 31.3. The van der Waals surface area contributed by atoms with Crippen molar-refractivity contribution < 1.29 is 44.7 Å². The van der Waals surface area contributed by atoms with Crippen LogP contribution in [0.4, 0.5) is 4.39 Å². The molecule has 0 spiro atoms. The van der Waals surface area contributed by atoms with Gasteiger partial charge < -0.3 is 35.5 Å². The summed E-state index contributed by atoms with van der Waals surface area (Å²) in [6.45, 7) is 1.17. The highest BCUT2D eigenvalue weighted by Crippen LogP contribution is 2.44. The fourth-order valence-corrected chi connectivity index (χ4v) is 5.34. The number of carboxylic acid groups (broad SMARTS) is 1. The van der Waals surface area contributed by atoms with E-state index >= 15 is 4.39 Å². The molecule has 0 radical (unpaired) electrons. The Bertz CT molecular complexity index is 1080. The molecule has 0 saturated carbocycles. The van der Waals surface area contributed by atoms with E-state index in [1.807, 2.05) is 0 Å². The van der Waals surface area contributed by atoms with Crippen molar-refractivity contribution in [3.05, 3.63) is 32.6 Å². The van der Waals surface area contributed by atoms with E-state index in [4.69, 9.17) is 4.74 Å². The molecule has 2 heterocycles. The fraction of sp³-hybridized carbons (Fsp3) is 0.821. The quantitative estimate of drug-likeness (QED) is 0.0469. The Hall–Kier alpha value is -2.20. The molecule has 7 N–H and O–H groups in total. The van der Waals surface area contributed by atoms with Crippen LogP contribution in [-0.2, 0) is 10.6 Å². The van der Waals surface area contributed by atoms with Crippen molar-refractivity contribution in [1.29, 1.82) is 0 Å². The molecule has 1 aliphatic heterocycles. The number of halogens is 1. The maximum atomic E-state index is 15.1. The monoisotopic (exact) mass is 605 g/mol. The number of hydrogen-bond donors (Lipinski definition) is 7. The van der Waals surface area contributed by atoms with E-state index in [0.29, 0.717) is 12.6 Å². The number of ether oxygens (including phenoxy) is 1. The van der Waals surface area contributed by atoms with Crippen LogP contribution in [0.25, 0.3) is 0 Å². The van der Waals surface area contributed by atoms with Crippen molar-refractivity contribution >= 4 is 5.97 Å². The standard InChI is InChI=1S/C28H48FN3O10/c1-2-3-4-5-6-7-8-9-10-11-12-13-14-15-16-17-22(29)32(41)27(39)23(34)21(19-33)42-28(27,40)31-18-20(25(36)37)24(35)30-26(31)38/h18,21-23,33-34,39-41H,2-17,19H2,1H3,(H,36,37)(H,30,35,38)/t21-,22?,23-,27-,28-/m1/s1. The number of unbranched alkanes of at least 4 members (excludes halogenated alkanes) is 14. The van der Waals surface area contributed by atoms with E-state index in [2.05, 4.69) is 6.92 Å². The van der Waals surface area contributed by atoms with Gasteiger partial charge in [0.1, 0.15) is 17.8 Å². The summed E-state index contributed by atoms with van der Waals surface area (Å²) in [4.78, 5) is 37.3. The van der Waals surface area contributed by atoms with Crippen LogP contribution >= 0.6 is 0 Å². The summed E-state index contributed by atoms with van der Waals surface area (Å²) in [7, 11) is 0. The number of aliphatic hydroxyl groups excluding tert-OH is 2. The van der Waals surface area contributed by atoms with E-state index in [0.717, 1.165) is 25.7 Å². The van der Waals surface area contributed by atoms with Gasteiger partial charge in [-0.3, -0.25) is 9.78 Å². The predicted molar refractivity (Wildman–Crippen MR) is 149 cm³/mol. The second kappa shape index (κ2) is 17.2. The third-order valence-electron chi connectivity index (χ3n) is 7.90. The summed E-state index contributed by atoms with van der Waals surface area (Å²) in [5.74, 6) is -5.33. The van der Waals surface area contributed by atoms with Gasteiger partial charge in [0.05, 0.1) is 6.61 Å². The number of carboxylic acids is 1. The minimum absolute atomic E-state index is 0.000280. The number of carbonyl (C=O) groups is 1. The second-order valence-corrected chi connectivity index (χ2v) is 11.1. The SMILES string of the molecule is CCCCCCCCCCCCCCCCCC(F)N(O)[C@@]1(O)[C@H](O)[C@@H](CO)O[C@@]1(O)n1cc(C(=O)O)c(=O)[nH]c1=O. The third kappa shape index (κ3) is 8.68. The Labute approximate surface area is 244 Å². The van der Waals surface area contributed by atoms with E-state index in [1.54, 1.807) is 4.98 Å². The van der Waals surface area contributed by atoms with E-state index in [1.165, 1.54) is 57.8 Å². The topological polar surface area (TPSA) is 206 Å². The average molecular weight is 606 g/mol. The Kier molecular flexibility index (Phi) is 14.7. The van der Waals surface area contributed by atoms with Gasteiger partial charge in [-0.15, -0.1) is 5.06 Å². The van der Waals surface area contributed by atoms with Crippen molar-refractivity contribution in [2.24, 2.45) is 0 Å². The van der Waals surface area contributed by atoms with Gasteiger partial charge in [0.25, 0.3) is 5.56 Å². The highest BCUT2D eigenvalue weighted by Gasteiger charge is 2.71. The van der Waals surface area contributed by atoms with Gasteiger partial charge in [-0.05, 0) is 12.8 Å². The summed E-state index contributed by atoms with van der Waals surface area (Å²) in [6.07, 6.45) is 9.81. The zero-order valence-corrected chi connectivity index (χ0v) is 24.4. The van der Waals surface area contributed by atoms with Crippen molar-refractivity contribution in [3.63, 3.8) is 0 Å². The number of aliphatic hydroxyl groups is 4. The lowest BCUT2D eigenvalue weighted by Gasteiger charge is -2.43. The van der Waals surface area contributed by atoms with Crippen molar-refractivity contribution in [2.75, 3.05) is 6.61 Å². The summed E-state index contributed by atoms with van der Waals surface area (Å²) in [5.41, 5.74) is -7.39. The molecule has 1 fully saturated rings. The molecule has 5 atom stereocenters. The van der Waals surface area contributed by atoms with Gasteiger partial charge in [-0.1, -0.05) is 96.8 Å². The number of alkyl halides is 1. The van der Waals surface area contributed by atoms with Gasteiger partial charge in [-0.2, -0.15) is 0 Å². The largest absolute Gasteiger partial charge is 0.477 e. The van der Waals surface area contributed by atoms with Crippen LogP contribution in [0.1, 0.15) is 120 Å². The highest BCUT2D eigenvalue weighted by molar-refractivity contribution is 5.86. The molecular formula is C28H48FN3O10. The van der Waals surface area contributed by atoms with Gasteiger partial charge in [0.2, 0.25) is 5.72 Å². The highest BCUT2D eigenvalue weighted by atomic mass is 19.1. The van der Waals surface area contributed by atoms with Crippen LogP contribution in [-0.4, -0.2) is 82.2 Å². The van der Waals surface area contributed by atoms with Crippen LogP contribution in [0, 0.1) is 0 Å². The summed E-state index contributed by atoms with van der Waals surface area (Å²) in [5, 5.41) is 62.0. The molecule has 242 valence electrons. The number of hydroxylamine groups is 2. The van der Waals surface area contributed by atoms with E-state index in [-0.39, 0.29) is 17.4 Å². The fourth-order valence-electron chi connectivity index (χ4n) is 5.34. The van der Waals surface area contributed by atoms with Crippen LogP contribution in [0.5, 0.6) is 0 Å². The van der Waals surface area contributed by atoms with Crippen molar-refractivity contribution in [2.45, 2.75) is 140 Å². The number of aromatic nitrogens is 2. The molecule has 2 rings (SSSR count). The molecule has 1 unspecified atom stereocenters. The first-order valence-corrected chi connectivity index (χ1v) is 15.1. The lowest BCUT2D eigenvalue weighted by atomic mass is 9.99. The lowest BCUT2D eigenvalue weighted by molar-refractivity contribution is -0.428. The molecule has 0 amide bonds. The summed E-state index contributed by atoms with van der Waals surface area (Å²) >= 11 is 0. The smallest absolute Gasteiger partial charge is 0.342 e. The number of aromatic carboxylic acids is 1. The van der Waals surface area contributed by atoms with Crippen LogP contribution < -0.4 is 11.2 Å². The van der Waals surface area contributed by atoms with Crippen molar-refractivity contribution in [3.8, 4) is 0 Å². The number of rotatable bonds is 21. The van der Waals surface area contributed by atoms with Gasteiger partial charge in [-0.25, -0.2) is 18.5 Å². The molecule has 0 aromatic carbocycles. The summed E-state index contributed by atoms with van der Waals surface area (Å²) < 4.78 is 20.2. The molecule has 1 aliphatic rings. The van der Waals surface area contributed by atoms with Gasteiger partial charge >= 0.3 is 17.6 Å². The lowest BCUT2D eigenvalue weighted by Crippen LogP contribution is -2.70. The minimum atomic E-state index is -3.51. The second-order valence-electron chi connectivity index (χ2n) is 11.1. The number of H-pyrrole nitrogens is 1. The maximum Gasteiger partial charge on any atom is 0.342 e. The molecular weight excluding hydrogens is 557 g/mol. The molecule has 13 nitrogen and oxygen atoms in total. The molecule has 14 heteroatoms. The predicted octanol–water partition coefficient (Wildman–Crippen LogP) is 2.53. The maximum absolute atomic E-state index is 15.1. The number of hydrogen-bond acceptors (Lipinski definition) is 10. The first-order valence-electron chi connectivity index (χ1n) is 15.1. The van der Waals surface area contributed by atoms with E-state index in [9.17, 15) is 45.1 Å². The summed E-state index contributed by atoms with van der Waals surface area (Å²) in [6, 6.07) is 0. The molecule has 1 aromatic heterocycles. The number of aromatic amines is 1. The molecule has 0 aliphatic carbocycles. The molecule has 42 heavy (non-hydrogen) atoms. The van der Waals surface area contributed by atoms with Crippen molar-refractivity contribution in [1.82, 2.24) is 14.6 Å². The average Bonchev–Trinajstić information content (AvgIpc) is 3.16. The Morgan fingerprint density at radius 1 is 1.00 bits per heavy atom. The first-order chi connectivity index (χ1) is 19.9. The van der Waals surface area contributed by atoms with E-state index < -0.39 is 64.6 Å². The Morgan fingerprint density at radius 3 is 1.93 bits per heavy atom. The third-order valence-corrected chi connectivity index (χ3v) is 7.90. The Morgan fingerprint density at radius 2 is 1.48 bits per heavy atom. The number of nitrogens with zero attached hydrogens (tertiary/aromatic N) is 2. The normalized spacial score (nSPS) is 24.9. The van der Waals surface area contributed by atoms with Gasteiger partial charge in [0.15, 0.2) is 6.30 Å². The molecule has 1 saturated heterocycles. The zero-order valence-electron chi connectivity index (χ0n) is 24.4. The van der Waals surface area contributed by atoms with Crippen LogP contribution in [0.2, 0.25) is 0 Å². The van der Waals surface area contributed by atoms with Gasteiger partial charge in [0, 0.05) is 6.20 Å².